The van der Waals surface area contributed by atoms with Crippen molar-refractivity contribution in [2.24, 2.45) is 5.92 Å². The molecule has 0 saturated heterocycles. The Morgan fingerprint density at radius 3 is 2.20 bits per heavy atom. The summed E-state index contributed by atoms with van der Waals surface area (Å²) in [6.45, 7) is 4.46. The van der Waals surface area contributed by atoms with Crippen LogP contribution in [0.15, 0.2) is 42.5 Å². The first-order valence-corrected chi connectivity index (χ1v) is 8.32. The number of halogens is 3. The third-order valence-corrected chi connectivity index (χ3v) is 4.74. The average Bonchev–Trinajstić information content (AvgIpc) is 2.38. The Bertz CT molecular complexity index is 576. The molecule has 0 aliphatic rings. The lowest BCUT2D eigenvalue weighted by Crippen LogP contribution is -1.97. The fourth-order valence-corrected chi connectivity index (χ4v) is 3.53. The molecule has 0 amide bonds. The molecule has 2 rings (SSSR count). The standard InChI is InChI=1S/C17H17BrCl2/c1-11(2)9-12-3-5-13(6-4-12)17(18)15-8-7-14(19)10-16(15)20/h3-8,10-11,17H,9H2,1-2H3. The lowest BCUT2D eigenvalue weighted by molar-refractivity contribution is 0.647. The molecule has 0 spiro atoms. The van der Waals surface area contributed by atoms with Crippen molar-refractivity contribution in [2.45, 2.75) is 25.1 Å². The predicted molar refractivity (Wildman–Crippen MR) is 92.2 cm³/mol. The Morgan fingerprint density at radius 1 is 1.00 bits per heavy atom. The Hall–Kier alpha value is -0.500. The second-order valence-electron chi connectivity index (χ2n) is 5.37. The smallest absolute Gasteiger partial charge is 0.0659 e. The zero-order valence-corrected chi connectivity index (χ0v) is 14.6. The number of hydrogen-bond donors (Lipinski definition) is 0. The molecular weight excluding hydrogens is 355 g/mol. The molecule has 2 aromatic carbocycles. The first kappa shape index (κ1) is 15.9. The lowest BCUT2D eigenvalue weighted by atomic mass is 9.99. The highest BCUT2D eigenvalue weighted by atomic mass is 79.9. The van der Waals surface area contributed by atoms with E-state index in [-0.39, 0.29) is 4.83 Å². The summed E-state index contributed by atoms with van der Waals surface area (Å²) in [6, 6.07) is 14.3. The Balaban J connectivity index is 2.22. The maximum absolute atomic E-state index is 6.26. The summed E-state index contributed by atoms with van der Waals surface area (Å²) in [7, 11) is 0. The van der Waals surface area contributed by atoms with Gasteiger partial charge in [0.2, 0.25) is 0 Å². The van der Waals surface area contributed by atoms with Crippen LogP contribution in [0.1, 0.15) is 35.4 Å². The van der Waals surface area contributed by atoms with Crippen molar-refractivity contribution in [3.05, 3.63) is 69.2 Å². The van der Waals surface area contributed by atoms with E-state index in [4.69, 9.17) is 23.2 Å². The van der Waals surface area contributed by atoms with Crippen LogP contribution in [-0.2, 0) is 6.42 Å². The van der Waals surface area contributed by atoms with Crippen molar-refractivity contribution in [3.8, 4) is 0 Å². The molecule has 3 heteroatoms. The predicted octanol–water partition coefficient (Wildman–Crippen LogP) is 6.68. The minimum atomic E-state index is 0.0837. The van der Waals surface area contributed by atoms with Crippen LogP contribution in [-0.4, -0.2) is 0 Å². The average molecular weight is 372 g/mol. The van der Waals surface area contributed by atoms with Gasteiger partial charge < -0.3 is 0 Å². The molecule has 1 atom stereocenters. The molecule has 0 aliphatic carbocycles. The molecule has 106 valence electrons. The molecule has 0 radical (unpaired) electrons. The normalized spacial score (nSPS) is 12.7. The van der Waals surface area contributed by atoms with E-state index in [1.807, 2.05) is 12.1 Å². The molecule has 0 nitrogen and oxygen atoms in total. The van der Waals surface area contributed by atoms with Gasteiger partial charge in [-0.25, -0.2) is 0 Å². The van der Waals surface area contributed by atoms with Gasteiger partial charge in [0.25, 0.3) is 0 Å². The van der Waals surface area contributed by atoms with Gasteiger partial charge in [0.15, 0.2) is 0 Å². The van der Waals surface area contributed by atoms with E-state index in [0.29, 0.717) is 16.0 Å². The van der Waals surface area contributed by atoms with Gasteiger partial charge in [0, 0.05) is 10.0 Å². The Kier molecular flexibility index (Phi) is 5.54. The molecule has 0 bridgehead atoms. The van der Waals surface area contributed by atoms with E-state index in [1.165, 1.54) is 11.1 Å². The van der Waals surface area contributed by atoms with Crippen molar-refractivity contribution in [3.63, 3.8) is 0 Å². The molecule has 0 aromatic heterocycles. The van der Waals surface area contributed by atoms with Crippen molar-refractivity contribution < 1.29 is 0 Å². The highest BCUT2D eigenvalue weighted by Gasteiger charge is 2.14. The van der Waals surface area contributed by atoms with Gasteiger partial charge >= 0.3 is 0 Å². The van der Waals surface area contributed by atoms with Crippen LogP contribution in [0.2, 0.25) is 10.0 Å². The lowest BCUT2D eigenvalue weighted by Gasteiger charge is -2.14. The van der Waals surface area contributed by atoms with Crippen LogP contribution in [0.4, 0.5) is 0 Å². The minimum Gasteiger partial charge on any atom is -0.0843 e. The van der Waals surface area contributed by atoms with Crippen molar-refractivity contribution in [1.82, 2.24) is 0 Å². The summed E-state index contributed by atoms with van der Waals surface area (Å²) in [5.74, 6) is 0.673. The summed E-state index contributed by atoms with van der Waals surface area (Å²) in [4.78, 5) is 0.0837. The monoisotopic (exact) mass is 370 g/mol. The van der Waals surface area contributed by atoms with Crippen LogP contribution in [0.3, 0.4) is 0 Å². The zero-order valence-electron chi connectivity index (χ0n) is 11.5. The van der Waals surface area contributed by atoms with Gasteiger partial charge in [0.05, 0.1) is 4.83 Å². The summed E-state index contributed by atoms with van der Waals surface area (Å²) in [5.41, 5.74) is 3.60. The Morgan fingerprint density at radius 2 is 1.65 bits per heavy atom. The topological polar surface area (TPSA) is 0 Å². The van der Waals surface area contributed by atoms with E-state index < -0.39 is 0 Å². The summed E-state index contributed by atoms with van der Waals surface area (Å²) in [5, 5.41) is 1.34. The molecule has 0 aliphatic heterocycles. The molecule has 20 heavy (non-hydrogen) atoms. The summed E-state index contributed by atoms with van der Waals surface area (Å²) < 4.78 is 0. The zero-order chi connectivity index (χ0) is 14.7. The SMILES string of the molecule is CC(C)Cc1ccc(C(Br)c2ccc(Cl)cc2Cl)cc1. The maximum Gasteiger partial charge on any atom is 0.0659 e. The van der Waals surface area contributed by atoms with Crippen molar-refractivity contribution >= 4 is 39.1 Å². The second-order valence-corrected chi connectivity index (χ2v) is 7.13. The highest BCUT2D eigenvalue weighted by Crippen LogP contribution is 2.36. The quantitative estimate of drug-likeness (QED) is 0.526. The van der Waals surface area contributed by atoms with E-state index in [0.717, 1.165) is 12.0 Å². The molecule has 0 N–H and O–H groups in total. The van der Waals surface area contributed by atoms with Crippen LogP contribution in [0, 0.1) is 5.92 Å². The first-order chi connectivity index (χ1) is 9.47. The minimum absolute atomic E-state index is 0.0837. The van der Waals surface area contributed by atoms with Crippen LogP contribution >= 0.6 is 39.1 Å². The number of rotatable bonds is 4. The Labute approximate surface area is 139 Å². The van der Waals surface area contributed by atoms with Crippen LogP contribution < -0.4 is 0 Å². The van der Waals surface area contributed by atoms with Gasteiger partial charge in [-0.1, -0.05) is 83.3 Å². The maximum atomic E-state index is 6.26. The summed E-state index contributed by atoms with van der Waals surface area (Å²) in [6.07, 6.45) is 1.11. The number of benzene rings is 2. The molecule has 0 heterocycles. The van der Waals surface area contributed by atoms with E-state index >= 15 is 0 Å². The van der Waals surface area contributed by atoms with Gasteiger partial charge in [-0.3, -0.25) is 0 Å². The van der Waals surface area contributed by atoms with E-state index in [1.54, 1.807) is 6.07 Å². The highest BCUT2D eigenvalue weighted by molar-refractivity contribution is 9.09. The number of alkyl halides is 1. The van der Waals surface area contributed by atoms with E-state index in [9.17, 15) is 0 Å². The fraction of sp³-hybridized carbons (Fsp3) is 0.294. The largest absolute Gasteiger partial charge is 0.0843 e. The van der Waals surface area contributed by atoms with Crippen molar-refractivity contribution in [1.29, 1.82) is 0 Å². The van der Waals surface area contributed by atoms with E-state index in [2.05, 4.69) is 54.0 Å². The molecule has 2 aromatic rings. The molecular formula is C17H17BrCl2. The van der Waals surface area contributed by atoms with Crippen LogP contribution in [0.5, 0.6) is 0 Å². The first-order valence-electron chi connectivity index (χ1n) is 6.65. The third kappa shape index (κ3) is 4.00. The molecule has 0 fully saturated rings. The second kappa shape index (κ2) is 6.98. The third-order valence-electron chi connectivity index (χ3n) is 3.15. The fourth-order valence-electron chi connectivity index (χ4n) is 2.18. The van der Waals surface area contributed by atoms with Gasteiger partial charge in [0.1, 0.15) is 0 Å². The summed E-state index contributed by atoms with van der Waals surface area (Å²) >= 11 is 15.9. The van der Waals surface area contributed by atoms with Gasteiger partial charge in [-0.2, -0.15) is 0 Å². The van der Waals surface area contributed by atoms with Gasteiger partial charge in [-0.05, 0) is 41.2 Å². The number of hydrogen-bond acceptors (Lipinski definition) is 0. The van der Waals surface area contributed by atoms with Gasteiger partial charge in [-0.15, -0.1) is 0 Å². The van der Waals surface area contributed by atoms with Crippen LogP contribution in [0.25, 0.3) is 0 Å². The molecule has 0 saturated carbocycles. The van der Waals surface area contributed by atoms with Crippen molar-refractivity contribution in [2.75, 3.05) is 0 Å². The molecule has 1 unspecified atom stereocenters.